The zero-order chi connectivity index (χ0) is 25.0. The molecule has 0 aliphatic carbocycles. The summed E-state index contributed by atoms with van der Waals surface area (Å²) in [6.07, 6.45) is 2.42. The topological polar surface area (TPSA) is 109 Å². The van der Waals surface area contributed by atoms with E-state index in [1.165, 1.54) is 0 Å². The molecule has 2 aromatic carbocycles. The van der Waals surface area contributed by atoms with Gasteiger partial charge in [0.2, 0.25) is 0 Å². The standard InChI is InChI=1S/C27H32N2O5/c1-16(2)25-22(30)13-20(14-23(25)31)21-12-19-11-17(8-9-18(19)15-29-21)26(33)28-10-6-7-24(32)34-27(3,4)5/h8-9,11-16,30-31H,6-7,10H2,1-5H3,(H,28,33). The first-order chi connectivity index (χ1) is 15.9. The number of phenolic OH excluding ortho intramolecular Hbond substituents is 2. The first-order valence-corrected chi connectivity index (χ1v) is 11.4. The van der Waals surface area contributed by atoms with Crippen molar-refractivity contribution in [2.24, 2.45) is 0 Å². The third-order valence-electron chi connectivity index (χ3n) is 5.26. The Bertz CT molecular complexity index is 1190. The second-order valence-electron chi connectivity index (χ2n) is 9.66. The van der Waals surface area contributed by atoms with Crippen LogP contribution in [0, 0.1) is 0 Å². The normalized spacial score (nSPS) is 11.6. The predicted octanol–water partition coefficient (Wildman–Crippen LogP) is 5.29. The molecule has 3 rings (SSSR count). The van der Waals surface area contributed by atoms with E-state index in [2.05, 4.69) is 10.3 Å². The Morgan fingerprint density at radius 2 is 1.71 bits per heavy atom. The van der Waals surface area contributed by atoms with Crippen molar-refractivity contribution in [3.8, 4) is 22.8 Å². The van der Waals surface area contributed by atoms with E-state index < -0.39 is 5.60 Å². The summed E-state index contributed by atoms with van der Waals surface area (Å²) >= 11 is 0. The first kappa shape index (κ1) is 25.0. The van der Waals surface area contributed by atoms with Gasteiger partial charge in [-0.05, 0) is 68.8 Å². The predicted molar refractivity (Wildman–Crippen MR) is 132 cm³/mol. The molecular weight excluding hydrogens is 432 g/mol. The van der Waals surface area contributed by atoms with Crippen molar-refractivity contribution < 1.29 is 24.5 Å². The fraction of sp³-hybridized carbons (Fsp3) is 0.370. The molecule has 0 saturated carbocycles. The molecule has 0 fully saturated rings. The minimum absolute atomic E-state index is 0.0198. The average molecular weight is 465 g/mol. The Hall–Kier alpha value is -3.61. The van der Waals surface area contributed by atoms with Gasteiger partial charge in [-0.15, -0.1) is 0 Å². The van der Waals surface area contributed by atoms with Crippen LogP contribution in [-0.4, -0.2) is 39.2 Å². The molecular formula is C27H32N2O5. The van der Waals surface area contributed by atoms with Crippen molar-refractivity contribution in [1.82, 2.24) is 10.3 Å². The van der Waals surface area contributed by atoms with E-state index in [-0.39, 0.29) is 35.7 Å². The van der Waals surface area contributed by atoms with Gasteiger partial charge in [0.25, 0.3) is 5.91 Å². The van der Waals surface area contributed by atoms with Crippen molar-refractivity contribution >= 4 is 22.6 Å². The SMILES string of the molecule is CC(C)c1c(O)cc(-c2cc3cc(C(=O)NCCCC(=O)OC(C)(C)C)ccc3cn2)cc1O. The molecule has 180 valence electrons. The molecule has 7 heteroatoms. The van der Waals surface area contributed by atoms with Gasteiger partial charge < -0.3 is 20.3 Å². The molecule has 0 aliphatic heterocycles. The van der Waals surface area contributed by atoms with Crippen molar-refractivity contribution in [1.29, 1.82) is 0 Å². The summed E-state index contributed by atoms with van der Waals surface area (Å²) in [5, 5.41) is 25.2. The Balaban J connectivity index is 1.72. The maximum atomic E-state index is 12.6. The average Bonchev–Trinajstić information content (AvgIpc) is 2.73. The first-order valence-electron chi connectivity index (χ1n) is 11.4. The number of carbonyl (C=O) groups is 2. The second-order valence-corrected chi connectivity index (χ2v) is 9.66. The number of aromatic nitrogens is 1. The Kier molecular flexibility index (Phi) is 7.44. The van der Waals surface area contributed by atoms with Crippen LogP contribution in [0.15, 0.2) is 42.6 Å². The number of nitrogens with zero attached hydrogens (tertiary/aromatic N) is 1. The number of phenols is 2. The maximum Gasteiger partial charge on any atom is 0.306 e. The van der Waals surface area contributed by atoms with Crippen molar-refractivity contribution in [3.63, 3.8) is 0 Å². The van der Waals surface area contributed by atoms with E-state index in [1.807, 2.05) is 46.8 Å². The van der Waals surface area contributed by atoms with Gasteiger partial charge in [-0.1, -0.05) is 19.9 Å². The number of fused-ring (bicyclic) bond motifs is 1. The minimum Gasteiger partial charge on any atom is -0.507 e. The molecule has 1 aromatic heterocycles. The quantitative estimate of drug-likeness (QED) is 0.324. The summed E-state index contributed by atoms with van der Waals surface area (Å²) in [5.74, 6) is -0.506. The molecule has 3 aromatic rings. The number of esters is 1. The maximum absolute atomic E-state index is 12.6. The summed E-state index contributed by atoms with van der Waals surface area (Å²) in [6, 6.07) is 10.3. The van der Waals surface area contributed by atoms with Crippen LogP contribution < -0.4 is 5.32 Å². The highest BCUT2D eigenvalue weighted by Gasteiger charge is 2.17. The summed E-state index contributed by atoms with van der Waals surface area (Å²) in [7, 11) is 0. The number of rotatable bonds is 7. The molecule has 3 N–H and O–H groups in total. The molecule has 7 nitrogen and oxygen atoms in total. The van der Waals surface area contributed by atoms with Gasteiger partial charge in [0.15, 0.2) is 0 Å². The van der Waals surface area contributed by atoms with Gasteiger partial charge in [0, 0.05) is 41.2 Å². The smallest absolute Gasteiger partial charge is 0.306 e. The summed E-state index contributed by atoms with van der Waals surface area (Å²) in [6.45, 7) is 9.61. The molecule has 0 radical (unpaired) electrons. The third-order valence-corrected chi connectivity index (χ3v) is 5.26. The zero-order valence-electron chi connectivity index (χ0n) is 20.3. The van der Waals surface area contributed by atoms with E-state index in [0.717, 1.165) is 10.8 Å². The van der Waals surface area contributed by atoms with Crippen LogP contribution >= 0.6 is 0 Å². The minimum atomic E-state index is -0.521. The number of nitrogens with one attached hydrogen (secondary N) is 1. The van der Waals surface area contributed by atoms with Gasteiger partial charge in [-0.25, -0.2) is 0 Å². The largest absolute Gasteiger partial charge is 0.507 e. The highest BCUT2D eigenvalue weighted by Crippen LogP contribution is 2.38. The van der Waals surface area contributed by atoms with E-state index >= 15 is 0 Å². The Morgan fingerprint density at radius 3 is 2.32 bits per heavy atom. The number of hydrogen-bond donors (Lipinski definition) is 3. The molecule has 0 saturated heterocycles. The van der Waals surface area contributed by atoms with Gasteiger partial charge in [0.1, 0.15) is 17.1 Å². The summed E-state index contributed by atoms with van der Waals surface area (Å²) < 4.78 is 5.27. The van der Waals surface area contributed by atoms with Gasteiger partial charge >= 0.3 is 5.97 Å². The molecule has 1 heterocycles. The van der Waals surface area contributed by atoms with Crippen LogP contribution in [0.3, 0.4) is 0 Å². The van der Waals surface area contributed by atoms with Crippen LogP contribution in [0.2, 0.25) is 0 Å². The lowest BCUT2D eigenvalue weighted by Crippen LogP contribution is -2.27. The molecule has 0 aliphatic rings. The third kappa shape index (κ3) is 6.25. The van der Waals surface area contributed by atoms with Crippen LogP contribution in [0.5, 0.6) is 11.5 Å². The number of ether oxygens (including phenoxy) is 1. The van der Waals surface area contributed by atoms with E-state index in [4.69, 9.17) is 4.74 Å². The molecule has 0 bridgehead atoms. The lowest BCUT2D eigenvalue weighted by molar-refractivity contribution is -0.154. The fourth-order valence-electron chi connectivity index (χ4n) is 3.73. The van der Waals surface area contributed by atoms with E-state index in [9.17, 15) is 19.8 Å². The zero-order valence-corrected chi connectivity index (χ0v) is 20.3. The molecule has 0 spiro atoms. The number of hydrogen-bond acceptors (Lipinski definition) is 6. The monoisotopic (exact) mass is 464 g/mol. The lowest BCUT2D eigenvalue weighted by atomic mass is 9.97. The van der Waals surface area contributed by atoms with E-state index in [1.54, 1.807) is 30.5 Å². The summed E-state index contributed by atoms with van der Waals surface area (Å²) in [4.78, 5) is 28.8. The molecule has 0 unspecified atom stereocenters. The number of benzene rings is 2. The van der Waals surface area contributed by atoms with E-state index in [0.29, 0.717) is 35.3 Å². The van der Waals surface area contributed by atoms with Crippen molar-refractivity contribution in [2.45, 2.75) is 59.0 Å². The highest BCUT2D eigenvalue weighted by atomic mass is 16.6. The van der Waals surface area contributed by atoms with Crippen molar-refractivity contribution in [3.05, 3.63) is 53.7 Å². The number of pyridine rings is 1. The number of aromatic hydroxyl groups is 2. The lowest BCUT2D eigenvalue weighted by Gasteiger charge is -2.19. The summed E-state index contributed by atoms with van der Waals surface area (Å²) in [5.41, 5.74) is 1.62. The number of amides is 1. The van der Waals surface area contributed by atoms with Crippen LogP contribution in [0.4, 0.5) is 0 Å². The van der Waals surface area contributed by atoms with Gasteiger partial charge in [-0.3, -0.25) is 14.6 Å². The fourth-order valence-corrected chi connectivity index (χ4v) is 3.73. The molecule has 34 heavy (non-hydrogen) atoms. The number of carbonyl (C=O) groups excluding carboxylic acids is 2. The Labute approximate surface area is 199 Å². The molecule has 0 atom stereocenters. The molecule has 1 amide bonds. The Morgan fingerprint density at radius 1 is 1.03 bits per heavy atom. The highest BCUT2D eigenvalue weighted by molar-refractivity contribution is 5.99. The van der Waals surface area contributed by atoms with Gasteiger partial charge in [-0.2, -0.15) is 0 Å². The second kappa shape index (κ2) is 10.1. The van der Waals surface area contributed by atoms with Crippen LogP contribution in [0.25, 0.3) is 22.0 Å². The van der Waals surface area contributed by atoms with Gasteiger partial charge in [0.05, 0.1) is 5.69 Å². The van der Waals surface area contributed by atoms with Crippen LogP contribution in [-0.2, 0) is 9.53 Å². The van der Waals surface area contributed by atoms with Crippen LogP contribution in [0.1, 0.15) is 69.3 Å². The van der Waals surface area contributed by atoms with Crippen molar-refractivity contribution in [2.75, 3.05) is 6.54 Å².